The Morgan fingerprint density at radius 2 is 1.68 bits per heavy atom. The molecular weight excluding hydrogens is 294 g/mol. The van der Waals surface area contributed by atoms with Gasteiger partial charge in [0.1, 0.15) is 5.60 Å². The lowest BCUT2D eigenvalue weighted by atomic mass is 10.1. The van der Waals surface area contributed by atoms with Crippen molar-refractivity contribution in [1.82, 2.24) is 4.90 Å². The highest BCUT2D eigenvalue weighted by Gasteiger charge is 2.27. The van der Waals surface area contributed by atoms with Gasteiger partial charge in [-0.05, 0) is 45.7 Å². The molecule has 0 aliphatic carbocycles. The molecule has 4 heteroatoms. The molecule has 1 amide bonds. The van der Waals surface area contributed by atoms with Crippen LogP contribution in [0.15, 0.2) is 35.2 Å². The molecular formula is C18H29NO2S. The molecule has 0 atom stereocenters. The maximum atomic E-state index is 12.0. The largest absolute Gasteiger partial charge is 0.444 e. The Hall–Kier alpha value is -1.16. The summed E-state index contributed by atoms with van der Waals surface area (Å²) in [6, 6.07) is 10.5. The number of ether oxygens (including phenoxy) is 1. The maximum Gasteiger partial charge on any atom is 0.410 e. The van der Waals surface area contributed by atoms with Crippen LogP contribution in [-0.4, -0.2) is 34.9 Å². The van der Waals surface area contributed by atoms with Crippen molar-refractivity contribution in [1.29, 1.82) is 0 Å². The lowest BCUT2D eigenvalue weighted by Gasteiger charge is -2.33. The van der Waals surface area contributed by atoms with Crippen molar-refractivity contribution in [2.75, 3.05) is 13.1 Å². The lowest BCUT2D eigenvalue weighted by Crippen LogP contribution is -2.42. The van der Waals surface area contributed by atoms with Crippen LogP contribution in [0.1, 0.15) is 47.5 Å². The zero-order chi connectivity index (χ0) is 16.6. The van der Waals surface area contributed by atoms with Crippen LogP contribution in [0, 0.1) is 0 Å². The molecule has 2 rings (SSSR count). The van der Waals surface area contributed by atoms with Crippen molar-refractivity contribution < 1.29 is 9.53 Å². The van der Waals surface area contributed by atoms with Gasteiger partial charge >= 0.3 is 6.09 Å². The average Bonchev–Trinajstić information content (AvgIpc) is 2.49. The Bertz CT molecular complexity index is 434. The van der Waals surface area contributed by atoms with E-state index >= 15 is 0 Å². The summed E-state index contributed by atoms with van der Waals surface area (Å²) >= 11 is 1.91. The zero-order valence-electron chi connectivity index (χ0n) is 14.5. The van der Waals surface area contributed by atoms with E-state index in [4.69, 9.17) is 4.74 Å². The second-order valence-corrected chi connectivity index (χ2v) is 7.47. The minimum atomic E-state index is -0.410. The number of rotatable bonds is 2. The van der Waals surface area contributed by atoms with E-state index in [-0.39, 0.29) is 6.09 Å². The van der Waals surface area contributed by atoms with Gasteiger partial charge in [0.05, 0.1) is 0 Å². The first-order chi connectivity index (χ1) is 10.4. The minimum absolute atomic E-state index is 0.180. The first kappa shape index (κ1) is 18.9. The summed E-state index contributed by atoms with van der Waals surface area (Å²) < 4.78 is 5.41. The molecule has 124 valence electrons. The fourth-order valence-electron chi connectivity index (χ4n) is 2.17. The highest BCUT2D eigenvalue weighted by Crippen LogP contribution is 2.30. The number of carbonyl (C=O) groups is 1. The van der Waals surface area contributed by atoms with Gasteiger partial charge in [-0.3, -0.25) is 0 Å². The number of likely N-dealkylation sites (tertiary alicyclic amines) is 1. The number of hydrogen-bond acceptors (Lipinski definition) is 3. The Kier molecular flexibility index (Phi) is 7.80. The molecule has 0 radical (unpaired) electrons. The molecule has 1 fully saturated rings. The van der Waals surface area contributed by atoms with E-state index in [1.807, 2.05) is 57.3 Å². The molecule has 0 spiro atoms. The van der Waals surface area contributed by atoms with Gasteiger partial charge in [-0.1, -0.05) is 32.0 Å². The monoisotopic (exact) mass is 323 g/mol. The molecule has 1 saturated heterocycles. The van der Waals surface area contributed by atoms with Gasteiger partial charge in [0.15, 0.2) is 0 Å². The highest BCUT2D eigenvalue weighted by molar-refractivity contribution is 8.00. The van der Waals surface area contributed by atoms with Crippen LogP contribution in [0.3, 0.4) is 0 Å². The van der Waals surface area contributed by atoms with Crippen molar-refractivity contribution in [3.05, 3.63) is 30.3 Å². The molecule has 1 aromatic rings. The first-order valence-electron chi connectivity index (χ1n) is 8.14. The Morgan fingerprint density at radius 3 is 2.18 bits per heavy atom. The van der Waals surface area contributed by atoms with E-state index in [1.165, 1.54) is 4.90 Å². The van der Waals surface area contributed by atoms with Gasteiger partial charge in [0.2, 0.25) is 0 Å². The van der Waals surface area contributed by atoms with Gasteiger partial charge in [0, 0.05) is 23.2 Å². The van der Waals surface area contributed by atoms with E-state index in [9.17, 15) is 4.79 Å². The molecule has 0 N–H and O–H groups in total. The standard InChI is InChI=1S/C16H23NO2S.C2H6/c1-16(2,3)19-15(18)17-11-9-14(10-12-17)20-13-7-5-4-6-8-13;1-2/h4-8,14H,9-12H2,1-3H3;1-2H3. The molecule has 0 unspecified atom stereocenters. The lowest BCUT2D eigenvalue weighted by molar-refractivity contribution is 0.0219. The van der Waals surface area contributed by atoms with Crippen LogP contribution < -0.4 is 0 Å². The summed E-state index contributed by atoms with van der Waals surface area (Å²) in [6.45, 7) is 11.3. The van der Waals surface area contributed by atoms with Crippen molar-refractivity contribution in [2.45, 2.75) is 63.2 Å². The number of benzene rings is 1. The molecule has 0 saturated carbocycles. The molecule has 1 aliphatic rings. The second kappa shape index (κ2) is 9.09. The van der Waals surface area contributed by atoms with Gasteiger partial charge in [-0.2, -0.15) is 0 Å². The molecule has 22 heavy (non-hydrogen) atoms. The molecule has 1 heterocycles. The van der Waals surface area contributed by atoms with Crippen LogP contribution in [0.25, 0.3) is 0 Å². The topological polar surface area (TPSA) is 29.5 Å². The van der Waals surface area contributed by atoms with Crippen LogP contribution in [-0.2, 0) is 4.74 Å². The number of thioether (sulfide) groups is 1. The van der Waals surface area contributed by atoms with Crippen LogP contribution >= 0.6 is 11.8 Å². The van der Waals surface area contributed by atoms with Gasteiger partial charge in [-0.25, -0.2) is 4.79 Å². The maximum absolute atomic E-state index is 12.0. The van der Waals surface area contributed by atoms with E-state index in [1.54, 1.807) is 0 Å². The van der Waals surface area contributed by atoms with Gasteiger partial charge in [-0.15, -0.1) is 11.8 Å². The van der Waals surface area contributed by atoms with Crippen LogP contribution in [0.2, 0.25) is 0 Å². The SMILES string of the molecule is CC.CC(C)(C)OC(=O)N1CCC(Sc2ccccc2)CC1. The molecule has 1 aliphatic heterocycles. The summed E-state index contributed by atoms with van der Waals surface area (Å²) in [6.07, 6.45) is 1.87. The second-order valence-electron chi connectivity index (χ2n) is 6.10. The third-order valence-electron chi connectivity index (χ3n) is 3.14. The van der Waals surface area contributed by atoms with Crippen LogP contribution in [0.4, 0.5) is 4.79 Å². The number of amides is 1. The fourth-order valence-corrected chi connectivity index (χ4v) is 3.32. The molecule has 0 aromatic heterocycles. The minimum Gasteiger partial charge on any atom is -0.444 e. The summed E-state index contributed by atoms with van der Waals surface area (Å²) in [5.41, 5.74) is -0.410. The molecule has 1 aromatic carbocycles. The first-order valence-corrected chi connectivity index (χ1v) is 9.02. The van der Waals surface area contributed by atoms with Crippen molar-refractivity contribution in [3.8, 4) is 0 Å². The summed E-state index contributed by atoms with van der Waals surface area (Å²) in [4.78, 5) is 15.1. The zero-order valence-corrected chi connectivity index (χ0v) is 15.3. The van der Waals surface area contributed by atoms with E-state index in [0.717, 1.165) is 25.9 Å². The van der Waals surface area contributed by atoms with Crippen LogP contribution in [0.5, 0.6) is 0 Å². The molecule has 3 nitrogen and oxygen atoms in total. The van der Waals surface area contributed by atoms with Crippen molar-refractivity contribution >= 4 is 17.9 Å². The van der Waals surface area contributed by atoms with E-state index < -0.39 is 5.60 Å². The third kappa shape index (κ3) is 6.73. The normalized spacial score (nSPS) is 15.8. The van der Waals surface area contributed by atoms with E-state index in [0.29, 0.717) is 5.25 Å². The van der Waals surface area contributed by atoms with Gasteiger partial charge < -0.3 is 9.64 Å². The fraction of sp³-hybridized carbons (Fsp3) is 0.611. The molecule has 0 bridgehead atoms. The highest BCUT2D eigenvalue weighted by atomic mass is 32.2. The number of hydrogen-bond donors (Lipinski definition) is 0. The smallest absolute Gasteiger partial charge is 0.410 e. The summed E-state index contributed by atoms with van der Waals surface area (Å²) in [5, 5.41) is 0.594. The Balaban J connectivity index is 0.00000116. The number of piperidine rings is 1. The quantitative estimate of drug-likeness (QED) is 0.748. The Morgan fingerprint density at radius 1 is 1.14 bits per heavy atom. The number of carbonyl (C=O) groups excluding carboxylic acids is 1. The average molecular weight is 324 g/mol. The van der Waals surface area contributed by atoms with Crippen molar-refractivity contribution in [2.24, 2.45) is 0 Å². The summed E-state index contributed by atoms with van der Waals surface area (Å²) in [7, 11) is 0. The van der Waals surface area contributed by atoms with Gasteiger partial charge in [0.25, 0.3) is 0 Å². The predicted octanol–water partition coefficient (Wildman–Crippen LogP) is 5.20. The third-order valence-corrected chi connectivity index (χ3v) is 4.49. The van der Waals surface area contributed by atoms with Crippen molar-refractivity contribution in [3.63, 3.8) is 0 Å². The van der Waals surface area contributed by atoms with E-state index in [2.05, 4.69) is 24.3 Å². The number of nitrogens with zero attached hydrogens (tertiary/aromatic N) is 1. The Labute approximate surface area is 139 Å². The summed E-state index contributed by atoms with van der Waals surface area (Å²) in [5.74, 6) is 0. The predicted molar refractivity (Wildman–Crippen MR) is 94.5 cm³/mol.